The molecule has 0 aromatic heterocycles. The fourth-order valence-corrected chi connectivity index (χ4v) is 2.31. The quantitative estimate of drug-likeness (QED) is 0.762. The topological polar surface area (TPSA) is 76.7 Å². The first-order chi connectivity index (χ1) is 9.31. The predicted molar refractivity (Wildman–Crippen MR) is 75.3 cm³/mol. The summed E-state index contributed by atoms with van der Waals surface area (Å²) in [6, 6.07) is 0. The van der Waals surface area contributed by atoms with Gasteiger partial charge >= 0.3 is 12.1 Å². The van der Waals surface area contributed by atoms with Crippen molar-refractivity contribution < 1.29 is 19.1 Å². The lowest BCUT2D eigenvalue weighted by Gasteiger charge is -2.32. The minimum absolute atomic E-state index is 0.195. The predicted octanol–water partition coefficient (Wildman–Crippen LogP) is 1.30. The number of methoxy groups -OCH3 is 1. The van der Waals surface area contributed by atoms with Crippen LogP contribution in [0.15, 0.2) is 0 Å². The molecule has 0 aromatic carbocycles. The smallest absolute Gasteiger partial charge is 0.407 e. The minimum atomic E-state index is -0.500. The third-order valence-electron chi connectivity index (χ3n) is 3.33. The molecule has 116 valence electrons. The second-order valence-electron chi connectivity index (χ2n) is 6.18. The van der Waals surface area contributed by atoms with E-state index in [0.717, 1.165) is 19.5 Å². The van der Waals surface area contributed by atoms with Gasteiger partial charge in [-0.05, 0) is 52.1 Å². The van der Waals surface area contributed by atoms with Crippen LogP contribution < -0.4 is 10.6 Å². The zero-order chi connectivity index (χ0) is 15.2. The van der Waals surface area contributed by atoms with E-state index < -0.39 is 11.7 Å². The van der Waals surface area contributed by atoms with Crippen molar-refractivity contribution in [2.45, 2.75) is 39.2 Å². The Bertz CT molecular complexity index is 339. The maximum absolute atomic E-state index is 11.6. The molecule has 1 fully saturated rings. The molecule has 1 aliphatic heterocycles. The van der Waals surface area contributed by atoms with Crippen molar-refractivity contribution in [2.75, 3.05) is 26.7 Å². The lowest BCUT2D eigenvalue weighted by Crippen LogP contribution is -2.44. The van der Waals surface area contributed by atoms with Crippen LogP contribution in [0.25, 0.3) is 0 Å². The maximum atomic E-state index is 11.6. The number of nitrogens with one attached hydrogen (secondary N) is 2. The first-order valence-electron chi connectivity index (χ1n) is 7.06. The first kappa shape index (κ1) is 16.8. The average molecular weight is 286 g/mol. The molecular weight excluding hydrogens is 260 g/mol. The van der Waals surface area contributed by atoms with Crippen LogP contribution in [0.3, 0.4) is 0 Å². The molecule has 20 heavy (non-hydrogen) atoms. The molecule has 0 spiro atoms. The van der Waals surface area contributed by atoms with Crippen LogP contribution in [0.2, 0.25) is 0 Å². The zero-order valence-corrected chi connectivity index (χ0v) is 12.8. The van der Waals surface area contributed by atoms with E-state index in [1.807, 2.05) is 20.8 Å². The summed E-state index contributed by atoms with van der Waals surface area (Å²) >= 11 is 0. The molecule has 0 radical (unpaired) electrons. The number of rotatable bonds is 4. The first-order valence-corrected chi connectivity index (χ1v) is 7.06. The van der Waals surface area contributed by atoms with Gasteiger partial charge in [-0.25, -0.2) is 4.79 Å². The van der Waals surface area contributed by atoms with Crippen LogP contribution >= 0.6 is 0 Å². The molecule has 2 atom stereocenters. The summed E-state index contributed by atoms with van der Waals surface area (Å²) in [6.07, 6.45) is 0.897. The van der Waals surface area contributed by atoms with Crippen LogP contribution in [-0.4, -0.2) is 44.4 Å². The van der Waals surface area contributed by atoms with Gasteiger partial charge in [-0.15, -0.1) is 0 Å². The number of piperidine rings is 1. The molecule has 1 heterocycles. The maximum Gasteiger partial charge on any atom is 0.407 e. The number of esters is 1. The van der Waals surface area contributed by atoms with Crippen LogP contribution in [-0.2, 0) is 14.3 Å². The molecule has 6 heteroatoms. The third-order valence-corrected chi connectivity index (χ3v) is 3.33. The van der Waals surface area contributed by atoms with E-state index in [-0.39, 0.29) is 17.8 Å². The van der Waals surface area contributed by atoms with Gasteiger partial charge in [0.05, 0.1) is 7.11 Å². The highest BCUT2D eigenvalue weighted by atomic mass is 16.6. The molecule has 0 aliphatic carbocycles. The summed E-state index contributed by atoms with van der Waals surface area (Å²) in [5.41, 5.74) is -0.500. The summed E-state index contributed by atoms with van der Waals surface area (Å²) in [7, 11) is 1.40. The molecular formula is C14H26N2O4. The molecule has 2 N–H and O–H groups in total. The van der Waals surface area contributed by atoms with Crippen LogP contribution in [0.4, 0.5) is 4.79 Å². The van der Waals surface area contributed by atoms with Gasteiger partial charge < -0.3 is 20.1 Å². The molecule has 6 nitrogen and oxygen atoms in total. The Morgan fingerprint density at radius 1 is 1.30 bits per heavy atom. The van der Waals surface area contributed by atoms with Crippen molar-refractivity contribution >= 4 is 12.1 Å². The van der Waals surface area contributed by atoms with Gasteiger partial charge in [0.15, 0.2) is 0 Å². The second-order valence-corrected chi connectivity index (χ2v) is 6.18. The summed E-state index contributed by atoms with van der Waals surface area (Å²) in [5.74, 6) is 0.258. The Balaban J connectivity index is 2.42. The van der Waals surface area contributed by atoms with Crippen molar-refractivity contribution in [3.63, 3.8) is 0 Å². The Labute approximate surface area is 120 Å². The summed E-state index contributed by atoms with van der Waals surface area (Å²) in [4.78, 5) is 23.0. The van der Waals surface area contributed by atoms with Gasteiger partial charge in [-0.1, -0.05) is 0 Å². The van der Waals surface area contributed by atoms with E-state index in [0.29, 0.717) is 13.0 Å². The largest absolute Gasteiger partial charge is 0.469 e. The van der Waals surface area contributed by atoms with Gasteiger partial charge in [0.2, 0.25) is 0 Å². The molecule has 1 aliphatic rings. The number of carbonyl (C=O) groups is 2. The lowest BCUT2D eigenvalue weighted by molar-refractivity contribution is -0.142. The van der Waals surface area contributed by atoms with Crippen molar-refractivity contribution in [3.05, 3.63) is 0 Å². The van der Waals surface area contributed by atoms with Crippen LogP contribution in [0.5, 0.6) is 0 Å². The van der Waals surface area contributed by atoms with E-state index in [2.05, 4.69) is 10.6 Å². The lowest BCUT2D eigenvalue weighted by atomic mass is 9.84. The molecule has 1 amide bonds. The van der Waals surface area contributed by atoms with Crippen molar-refractivity contribution in [3.8, 4) is 0 Å². The molecule has 1 saturated heterocycles. The number of alkyl carbamates (subject to hydrolysis) is 1. The van der Waals surface area contributed by atoms with Gasteiger partial charge in [-0.3, -0.25) is 4.79 Å². The number of hydrogen-bond donors (Lipinski definition) is 2. The van der Waals surface area contributed by atoms with E-state index in [4.69, 9.17) is 9.47 Å². The van der Waals surface area contributed by atoms with Crippen molar-refractivity contribution in [1.29, 1.82) is 0 Å². The summed E-state index contributed by atoms with van der Waals surface area (Å²) in [6.45, 7) is 7.67. The number of ether oxygens (including phenoxy) is 2. The SMILES string of the molecule is COC(=O)C[C@H]1CCNC[C@H]1CNC(=O)OC(C)(C)C. The fourth-order valence-electron chi connectivity index (χ4n) is 2.31. The van der Waals surface area contributed by atoms with Crippen molar-refractivity contribution in [1.82, 2.24) is 10.6 Å². The van der Waals surface area contributed by atoms with Crippen LogP contribution in [0.1, 0.15) is 33.6 Å². The number of hydrogen-bond acceptors (Lipinski definition) is 5. The Morgan fingerprint density at radius 2 is 2.00 bits per heavy atom. The number of amides is 1. The van der Waals surface area contributed by atoms with E-state index in [1.54, 1.807) is 0 Å². The average Bonchev–Trinajstić information content (AvgIpc) is 2.35. The minimum Gasteiger partial charge on any atom is -0.469 e. The van der Waals surface area contributed by atoms with E-state index in [1.165, 1.54) is 7.11 Å². The molecule has 0 saturated carbocycles. The summed E-state index contributed by atoms with van der Waals surface area (Å²) in [5, 5.41) is 6.06. The number of carbonyl (C=O) groups excluding carboxylic acids is 2. The van der Waals surface area contributed by atoms with Gasteiger partial charge in [-0.2, -0.15) is 0 Å². The second kappa shape index (κ2) is 7.47. The monoisotopic (exact) mass is 286 g/mol. The zero-order valence-electron chi connectivity index (χ0n) is 12.8. The molecule has 0 aromatic rings. The summed E-state index contributed by atoms with van der Waals surface area (Å²) < 4.78 is 9.93. The standard InChI is InChI=1S/C14H26N2O4/c1-14(2,3)20-13(18)16-9-11-8-15-6-5-10(11)7-12(17)19-4/h10-11,15H,5-9H2,1-4H3,(H,16,18)/t10-,11+/m1/s1. The van der Waals surface area contributed by atoms with Gasteiger partial charge in [0, 0.05) is 13.0 Å². The Hall–Kier alpha value is -1.30. The molecule has 0 unspecified atom stereocenters. The Kier molecular flexibility index (Phi) is 6.26. The normalized spacial score (nSPS) is 23.0. The highest BCUT2D eigenvalue weighted by molar-refractivity contribution is 5.69. The fraction of sp³-hybridized carbons (Fsp3) is 0.857. The molecule has 0 bridgehead atoms. The van der Waals surface area contributed by atoms with Crippen LogP contribution in [0, 0.1) is 11.8 Å². The van der Waals surface area contributed by atoms with E-state index in [9.17, 15) is 9.59 Å². The van der Waals surface area contributed by atoms with Crippen molar-refractivity contribution in [2.24, 2.45) is 11.8 Å². The third kappa shape index (κ3) is 6.23. The van der Waals surface area contributed by atoms with Gasteiger partial charge in [0.1, 0.15) is 5.60 Å². The highest BCUT2D eigenvalue weighted by Crippen LogP contribution is 2.22. The van der Waals surface area contributed by atoms with Gasteiger partial charge in [0.25, 0.3) is 0 Å². The Morgan fingerprint density at radius 3 is 2.60 bits per heavy atom. The highest BCUT2D eigenvalue weighted by Gasteiger charge is 2.28. The molecule has 1 rings (SSSR count). The van der Waals surface area contributed by atoms with E-state index >= 15 is 0 Å².